The fourth-order valence-corrected chi connectivity index (χ4v) is 4.97. The van der Waals surface area contributed by atoms with Gasteiger partial charge in [-0.3, -0.25) is 4.79 Å². The molecule has 1 N–H and O–H groups in total. The first-order valence-corrected chi connectivity index (χ1v) is 9.37. The normalized spacial score (nSPS) is 25.3. The molecule has 0 radical (unpaired) electrons. The van der Waals surface area contributed by atoms with Crippen LogP contribution < -0.4 is 5.56 Å². The maximum absolute atomic E-state index is 12.4. The number of hydrogen-bond donors (Lipinski definition) is 1. The van der Waals surface area contributed by atoms with E-state index in [2.05, 4.69) is 20.1 Å². The standard InChI is InChI=1S/C17H18N4O3S/c1-7-8(2)25-17-14(7)15(22)18-12(20-17)6-13-19-16(24-21-13)10-5-9-3-4-11(10)23-9/h9-11H,3-6H2,1-2H3,(H,18,20,22)/t9-,10-,11+/m1/s1. The highest BCUT2D eigenvalue weighted by Gasteiger charge is 2.44. The minimum Gasteiger partial charge on any atom is -0.374 e. The lowest BCUT2D eigenvalue weighted by Gasteiger charge is -2.13. The van der Waals surface area contributed by atoms with Crippen molar-refractivity contribution < 1.29 is 9.26 Å². The lowest BCUT2D eigenvalue weighted by Crippen LogP contribution is -2.15. The molecule has 5 heterocycles. The van der Waals surface area contributed by atoms with Crippen molar-refractivity contribution in [3.05, 3.63) is 38.3 Å². The first-order chi connectivity index (χ1) is 12.1. The molecule has 3 aromatic heterocycles. The second-order valence-corrected chi connectivity index (χ2v) is 8.12. The lowest BCUT2D eigenvalue weighted by molar-refractivity contribution is 0.0974. The summed E-state index contributed by atoms with van der Waals surface area (Å²) < 4.78 is 11.3. The average Bonchev–Trinajstić information content (AvgIpc) is 3.33. The molecule has 2 saturated heterocycles. The Kier molecular flexibility index (Phi) is 3.33. The number of nitrogens with zero attached hydrogens (tertiary/aromatic N) is 3. The van der Waals surface area contributed by atoms with Crippen LogP contribution in [0.25, 0.3) is 10.2 Å². The number of aromatic nitrogens is 4. The van der Waals surface area contributed by atoms with Crippen LogP contribution in [0.15, 0.2) is 9.32 Å². The van der Waals surface area contributed by atoms with Gasteiger partial charge in [0.05, 0.1) is 29.9 Å². The first kappa shape index (κ1) is 15.2. The van der Waals surface area contributed by atoms with E-state index >= 15 is 0 Å². The van der Waals surface area contributed by atoms with Crippen molar-refractivity contribution in [3.8, 4) is 0 Å². The van der Waals surface area contributed by atoms with Gasteiger partial charge >= 0.3 is 0 Å². The zero-order valence-corrected chi connectivity index (χ0v) is 14.9. The fourth-order valence-electron chi connectivity index (χ4n) is 3.92. The van der Waals surface area contributed by atoms with Gasteiger partial charge in [0.25, 0.3) is 5.56 Å². The molecule has 3 atom stereocenters. The van der Waals surface area contributed by atoms with E-state index in [0.717, 1.165) is 34.5 Å². The zero-order chi connectivity index (χ0) is 17.1. The first-order valence-electron chi connectivity index (χ1n) is 8.55. The molecule has 8 heteroatoms. The third kappa shape index (κ3) is 2.43. The molecule has 3 aromatic rings. The van der Waals surface area contributed by atoms with Gasteiger partial charge in [-0.2, -0.15) is 4.98 Å². The number of nitrogens with one attached hydrogen (secondary N) is 1. The molecule has 2 aliphatic heterocycles. The Bertz CT molecular complexity index is 1020. The van der Waals surface area contributed by atoms with Gasteiger partial charge < -0.3 is 14.2 Å². The molecule has 0 aliphatic carbocycles. The molecular weight excluding hydrogens is 340 g/mol. The molecular formula is C17H18N4O3S. The van der Waals surface area contributed by atoms with E-state index in [9.17, 15) is 4.79 Å². The van der Waals surface area contributed by atoms with Crippen molar-refractivity contribution in [1.29, 1.82) is 0 Å². The van der Waals surface area contributed by atoms with Crippen molar-refractivity contribution >= 4 is 21.6 Å². The van der Waals surface area contributed by atoms with E-state index in [1.807, 2.05) is 13.8 Å². The molecule has 0 saturated carbocycles. The molecule has 0 spiro atoms. The van der Waals surface area contributed by atoms with Crippen LogP contribution in [0.5, 0.6) is 0 Å². The maximum Gasteiger partial charge on any atom is 0.259 e. The molecule has 2 aliphatic rings. The van der Waals surface area contributed by atoms with Crippen molar-refractivity contribution in [2.24, 2.45) is 0 Å². The van der Waals surface area contributed by atoms with Crippen molar-refractivity contribution in [2.75, 3.05) is 0 Å². The Balaban J connectivity index is 1.42. The van der Waals surface area contributed by atoms with Crippen LogP contribution in [0.2, 0.25) is 0 Å². The van der Waals surface area contributed by atoms with E-state index in [4.69, 9.17) is 9.26 Å². The molecule has 2 fully saturated rings. The van der Waals surface area contributed by atoms with E-state index < -0.39 is 0 Å². The predicted molar refractivity (Wildman–Crippen MR) is 92.1 cm³/mol. The molecule has 7 nitrogen and oxygen atoms in total. The van der Waals surface area contributed by atoms with E-state index in [0.29, 0.717) is 35.5 Å². The molecule has 5 rings (SSSR count). The van der Waals surface area contributed by atoms with Gasteiger partial charge in [-0.25, -0.2) is 4.98 Å². The SMILES string of the molecule is Cc1sc2nc(Cc3noc([C@@H]4C[C@H]5CC[C@@H]4O5)n3)[nH]c(=O)c2c1C. The number of aryl methyl sites for hydroxylation is 2. The molecule has 0 aromatic carbocycles. The van der Waals surface area contributed by atoms with Gasteiger partial charge in [0.15, 0.2) is 5.82 Å². The summed E-state index contributed by atoms with van der Waals surface area (Å²) in [5.74, 6) is 1.96. The summed E-state index contributed by atoms with van der Waals surface area (Å²) in [6.45, 7) is 3.96. The van der Waals surface area contributed by atoms with E-state index in [-0.39, 0.29) is 17.6 Å². The Labute approximate surface area is 147 Å². The Morgan fingerprint density at radius 2 is 2.16 bits per heavy atom. The number of hydrogen-bond acceptors (Lipinski definition) is 7. The summed E-state index contributed by atoms with van der Waals surface area (Å²) >= 11 is 1.54. The average molecular weight is 358 g/mol. The monoisotopic (exact) mass is 358 g/mol. The van der Waals surface area contributed by atoms with Crippen molar-refractivity contribution in [3.63, 3.8) is 0 Å². The summed E-state index contributed by atoms with van der Waals surface area (Å²) in [5, 5.41) is 4.75. The van der Waals surface area contributed by atoms with Crippen LogP contribution in [0.1, 0.15) is 53.2 Å². The summed E-state index contributed by atoms with van der Waals surface area (Å²) in [7, 11) is 0. The summed E-state index contributed by atoms with van der Waals surface area (Å²) in [4.78, 5) is 26.2. The third-order valence-corrected chi connectivity index (χ3v) is 6.42. The van der Waals surface area contributed by atoms with Crippen LogP contribution in [-0.2, 0) is 11.2 Å². The smallest absolute Gasteiger partial charge is 0.259 e. The van der Waals surface area contributed by atoms with Crippen LogP contribution in [-0.4, -0.2) is 32.3 Å². The Hall–Kier alpha value is -2.06. The number of aromatic amines is 1. The highest BCUT2D eigenvalue weighted by atomic mass is 32.1. The van der Waals surface area contributed by atoms with Crippen LogP contribution in [0, 0.1) is 13.8 Å². The predicted octanol–water partition coefficient (Wildman–Crippen LogP) is 2.61. The molecule has 0 unspecified atom stereocenters. The molecule has 0 amide bonds. The van der Waals surface area contributed by atoms with Crippen LogP contribution in [0.4, 0.5) is 0 Å². The van der Waals surface area contributed by atoms with E-state index in [1.54, 1.807) is 0 Å². The van der Waals surface area contributed by atoms with Gasteiger partial charge in [0.1, 0.15) is 10.7 Å². The zero-order valence-electron chi connectivity index (χ0n) is 14.0. The largest absolute Gasteiger partial charge is 0.374 e. The number of thiophene rings is 1. The number of ether oxygens (including phenoxy) is 1. The molecule has 2 bridgehead atoms. The van der Waals surface area contributed by atoms with Crippen LogP contribution in [0.3, 0.4) is 0 Å². The van der Waals surface area contributed by atoms with Gasteiger partial charge in [-0.15, -0.1) is 11.3 Å². The second kappa shape index (κ2) is 5.47. The van der Waals surface area contributed by atoms with Crippen molar-refractivity contribution in [1.82, 2.24) is 20.1 Å². The summed E-state index contributed by atoms with van der Waals surface area (Å²) in [5.41, 5.74) is 0.894. The minimum atomic E-state index is -0.105. The van der Waals surface area contributed by atoms with Crippen molar-refractivity contribution in [2.45, 2.75) is 57.7 Å². The number of H-pyrrole nitrogens is 1. The summed E-state index contributed by atoms with van der Waals surface area (Å²) in [6, 6.07) is 0. The maximum atomic E-state index is 12.4. The highest BCUT2D eigenvalue weighted by Crippen LogP contribution is 2.43. The second-order valence-electron chi connectivity index (χ2n) is 6.92. The Morgan fingerprint density at radius 3 is 2.92 bits per heavy atom. The topological polar surface area (TPSA) is 93.9 Å². The number of fused-ring (bicyclic) bond motifs is 3. The quantitative estimate of drug-likeness (QED) is 0.773. The van der Waals surface area contributed by atoms with Gasteiger partial charge in [-0.05, 0) is 38.7 Å². The van der Waals surface area contributed by atoms with Gasteiger partial charge in [0.2, 0.25) is 5.89 Å². The van der Waals surface area contributed by atoms with Gasteiger partial charge in [-0.1, -0.05) is 5.16 Å². The number of rotatable bonds is 3. The lowest BCUT2D eigenvalue weighted by atomic mass is 9.89. The molecule has 130 valence electrons. The summed E-state index contributed by atoms with van der Waals surface area (Å²) in [6.07, 6.45) is 4.07. The van der Waals surface area contributed by atoms with Gasteiger partial charge in [0, 0.05) is 4.88 Å². The molecule has 25 heavy (non-hydrogen) atoms. The van der Waals surface area contributed by atoms with E-state index in [1.165, 1.54) is 11.3 Å². The Morgan fingerprint density at radius 1 is 1.28 bits per heavy atom. The fraction of sp³-hybridized carbons (Fsp3) is 0.529. The minimum absolute atomic E-state index is 0.105. The third-order valence-electron chi connectivity index (χ3n) is 5.32. The van der Waals surface area contributed by atoms with Crippen LogP contribution >= 0.6 is 11.3 Å². The highest BCUT2D eigenvalue weighted by molar-refractivity contribution is 7.18.